The third-order valence-electron chi connectivity index (χ3n) is 5.08. The van der Waals surface area contributed by atoms with E-state index < -0.39 is 23.8 Å². The van der Waals surface area contributed by atoms with E-state index in [9.17, 15) is 19.5 Å². The van der Waals surface area contributed by atoms with Crippen molar-refractivity contribution >= 4 is 34.2 Å². The summed E-state index contributed by atoms with van der Waals surface area (Å²) in [4.78, 5) is 37.3. The smallest absolute Gasteiger partial charge is 0.342 e. The first-order valence-electron chi connectivity index (χ1n) is 9.80. The van der Waals surface area contributed by atoms with Gasteiger partial charge in [-0.25, -0.2) is 4.79 Å². The lowest BCUT2D eigenvalue weighted by molar-refractivity contribution is -0.147. The van der Waals surface area contributed by atoms with Gasteiger partial charge in [0.15, 0.2) is 0 Å². The summed E-state index contributed by atoms with van der Waals surface area (Å²) in [6, 6.07) is 9.42. The van der Waals surface area contributed by atoms with E-state index >= 15 is 0 Å². The molecule has 1 fully saturated rings. The maximum atomic E-state index is 12.9. The summed E-state index contributed by atoms with van der Waals surface area (Å²) in [7, 11) is 0. The van der Waals surface area contributed by atoms with Gasteiger partial charge in [-0.2, -0.15) is 0 Å². The summed E-state index contributed by atoms with van der Waals surface area (Å²) in [5.74, 6) is -3.09. The van der Waals surface area contributed by atoms with Gasteiger partial charge in [-0.1, -0.05) is 43.2 Å². The predicted molar refractivity (Wildman–Crippen MR) is 112 cm³/mol. The monoisotopic (exact) mass is 415 g/mol. The molecular formula is C22H25NO5S. The van der Waals surface area contributed by atoms with Crippen molar-refractivity contribution in [1.29, 1.82) is 0 Å². The molecule has 0 radical (unpaired) electrons. The van der Waals surface area contributed by atoms with E-state index in [1.165, 1.54) is 11.3 Å². The standard InChI is InChI=1S/C22H25NO5S/c1-13(2)28-22(27)18-17(14-8-4-3-5-9-14)12-29-20(18)23-19(24)15-10-6-7-11-16(15)21(25)26/h3-5,8-9,12-13,15-16H,6-7,10-11H2,1-2H3,(H,23,24)(H,25,26)/t15-,16+/m0/s1. The first kappa shape index (κ1) is 21.0. The van der Waals surface area contributed by atoms with Gasteiger partial charge in [0, 0.05) is 10.9 Å². The molecule has 1 amide bonds. The van der Waals surface area contributed by atoms with Crippen molar-refractivity contribution in [3.05, 3.63) is 41.3 Å². The Kier molecular flexibility index (Phi) is 6.69. The summed E-state index contributed by atoms with van der Waals surface area (Å²) < 4.78 is 5.41. The fraction of sp³-hybridized carbons (Fsp3) is 0.409. The SMILES string of the molecule is CC(C)OC(=O)c1c(-c2ccccc2)csc1NC(=O)[C@H]1CCCC[C@H]1C(=O)O. The number of carbonyl (C=O) groups excluding carboxylic acids is 2. The van der Waals surface area contributed by atoms with Crippen molar-refractivity contribution in [1.82, 2.24) is 0 Å². The second-order valence-electron chi connectivity index (χ2n) is 7.50. The number of anilines is 1. The van der Waals surface area contributed by atoms with Gasteiger partial charge in [-0.3, -0.25) is 9.59 Å². The zero-order valence-electron chi connectivity index (χ0n) is 16.5. The van der Waals surface area contributed by atoms with E-state index in [0.29, 0.717) is 29.0 Å². The number of hydrogen-bond donors (Lipinski definition) is 2. The van der Waals surface area contributed by atoms with Crippen LogP contribution >= 0.6 is 11.3 Å². The van der Waals surface area contributed by atoms with Crippen LogP contribution in [-0.4, -0.2) is 29.1 Å². The largest absolute Gasteiger partial charge is 0.481 e. The molecule has 0 saturated heterocycles. The van der Waals surface area contributed by atoms with E-state index in [2.05, 4.69) is 5.32 Å². The van der Waals surface area contributed by atoms with Crippen LogP contribution in [0.5, 0.6) is 0 Å². The van der Waals surface area contributed by atoms with Gasteiger partial charge < -0.3 is 15.2 Å². The van der Waals surface area contributed by atoms with Crippen molar-refractivity contribution in [3.8, 4) is 11.1 Å². The quantitative estimate of drug-likeness (QED) is 0.661. The highest BCUT2D eigenvalue weighted by Crippen LogP contribution is 2.38. The van der Waals surface area contributed by atoms with E-state index in [1.54, 1.807) is 13.8 Å². The fourth-order valence-electron chi connectivity index (χ4n) is 3.70. The average molecular weight is 416 g/mol. The number of carboxylic acid groups (broad SMARTS) is 1. The highest BCUT2D eigenvalue weighted by Gasteiger charge is 2.36. The molecule has 1 heterocycles. The molecule has 2 N–H and O–H groups in total. The fourth-order valence-corrected chi connectivity index (χ4v) is 4.66. The van der Waals surface area contributed by atoms with Crippen molar-refractivity contribution in [3.63, 3.8) is 0 Å². The lowest BCUT2D eigenvalue weighted by Crippen LogP contribution is -2.36. The number of aliphatic carboxylic acids is 1. The van der Waals surface area contributed by atoms with Crippen LogP contribution in [0.3, 0.4) is 0 Å². The minimum atomic E-state index is -0.944. The lowest BCUT2D eigenvalue weighted by Gasteiger charge is -2.27. The van der Waals surface area contributed by atoms with E-state index in [-0.39, 0.29) is 12.0 Å². The van der Waals surface area contributed by atoms with Crippen LogP contribution in [0.4, 0.5) is 5.00 Å². The molecule has 6 nitrogen and oxygen atoms in total. The third kappa shape index (κ3) is 4.85. The number of carboxylic acids is 1. The molecular weight excluding hydrogens is 390 g/mol. The Balaban J connectivity index is 1.92. The molecule has 3 rings (SSSR count). The number of nitrogens with one attached hydrogen (secondary N) is 1. The number of hydrogen-bond acceptors (Lipinski definition) is 5. The number of carbonyl (C=O) groups is 3. The molecule has 154 valence electrons. The van der Waals surface area contributed by atoms with Crippen LogP contribution in [0.2, 0.25) is 0 Å². The van der Waals surface area contributed by atoms with Crippen LogP contribution < -0.4 is 5.32 Å². The number of amides is 1. The molecule has 1 aliphatic carbocycles. The molecule has 1 aromatic heterocycles. The minimum Gasteiger partial charge on any atom is -0.481 e. The zero-order chi connectivity index (χ0) is 21.0. The van der Waals surface area contributed by atoms with Gasteiger partial charge >= 0.3 is 11.9 Å². The highest BCUT2D eigenvalue weighted by atomic mass is 32.1. The maximum absolute atomic E-state index is 12.9. The topological polar surface area (TPSA) is 92.7 Å². The predicted octanol–water partition coefficient (Wildman–Crippen LogP) is 4.81. The van der Waals surface area contributed by atoms with Gasteiger partial charge in [0.25, 0.3) is 0 Å². The molecule has 0 aliphatic heterocycles. The minimum absolute atomic E-state index is 0.302. The van der Waals surface area contributed by atoms with Crippen LogP contribution in [-0.2, 0) is 14.3 Å². The molecule has 2 aromatic rings. The van der Waals surface area contributed by atoms with Gasteiger partial charge in [0.2, 0.25) is 5.91 Å². The van der Waals surface area contributed by atoms with Gasteiger partial charge in [-0.05, 0) is 32.3 Å². The van der Waals surface area contributed by atoms with Crippen molar-refractivity contribution in [2.45, 2.75) is 45.6 Å². The summed E-state index contributed by atoms with van der Waals surface area (Å²) in [6.45, 7) is 3.54. The number of esters is 1. The molecule has 1 aliphatic rings. The Hall–Kier alpha value is -2.67. The van der Waals surface area contributed by atoms with Crippen molar-refractivity contribution in [2.75, 3.05) is 5.32 Å². The Labute approximate surface area is 173 Å². The van der Waals surface area contributed by atoms with Crippen LogP contribution in [0, 0.1) is 11.8 Å². The molecule has 0 spiro atoms. The van der Waals surface area contributed by atoms with Crippen molar-refractivity contribution < 1.29 is 24.2 Å². The first-order chi connectivity index (χ1) is 13.9. The Morgan fingerprint density at radius 2 is 1.76 bits per heavy atom. The van der Waals surface area contributed by atoms with E-state index in [4.69, 9.17) is 4.74 Å². The van der Waals surface area contributed by atoms with Crippen LogP contribution in [0.25, 0.3) is 11.1 Å². The van der Waals surface area contributed by atoms with Gasteiger partial charge in [-0.15, -0.1) is 11.3 Å². The highest BCUT2D eigenvalue weighted by molar-refractivity contribution is 7.15. The van der Waals surface area contributed by atoms with E-state index in [1.807, 2.05) is 35.7 Å². The second-order valence-corrected chi connectivity index (χ2v) is 8.38. The summed E-state index contributed by atoms with van der Waals surface area (Å²) in [6.07, 6.45) is 2.36. The number of ether oxygens (including phenoxy) is 1. The summed E-state index contributed by atoms with van der Waals surface area (Å²) in [5, 5.41) is 14.5. The van der Waals surface area contributed by atoms with Crippen molar-refractivity contribution in [2.24, 2.45) is 11.8 Å². The maximum Gasteiger partial charge on any atom is 0.342 e. The Morgan fingerprint density at radius 1 is 1.10 bits per heavy atom. The second kappa shape index (κ2) is 9.22. The Bertz CT molecular complexity index is 890. The number of rotatable bonds is 6. The van der Waals surface area contributed by atoms with E-state index in [0.717, 1.165) is 18.4 Å². The normalized spacial score (nSPS) is 19.0. The Morgan fingerprint density at radius 3 is 2.38 bits per heavy atom. The summed E-state index contributed by atoms with van der Waals surface area (Å²) in [5.41, 5.74) is 1.85. The van der Waals surface area contributed by atoms with Crippen LogP contribution in [0.1, 0.15) is 49.9 Å². The molecule has 0 unspecified atom stereocenters. The molecule has 0 bridgehead atoms. The zero-order valence-corrected chi connectivity index (χ0v) is 17.3. The first-order valence-corrected chi connectivity index (χ1v) is 10.7. The number of thiophene rings is 1. The van der Waals surface area contributed by atoms with Crippen LogP contribution in [0.15, 0.2) is 35.7 Å². The average Bonchev–Trinajstić information content (AvgIpc) is 3.11. The third-order valence-corrected chi connectivity index (χ3v) is 5.97. The molecule has 2 atom stereocenters. The summed E-state index contributed by atoms with van der Waals surface area (Å²) >= 11 is 1.25. The lowest BCUT2D eigenvalue weighted by atomic mass is 9.79. The molecule has 1 saturated carbocycles. The molecule has 1 aromatic carbocycles. The molecule has 29 heavy (non-hydrogen) atoms. The van der Waals surface area contributed by atoms with Gasteiger partial charge in [0.05, 0.1) is 17.9 Å². The molecule has 7 heteroatoms. The van der Waals surface area contributed by atoms with Gasteiger partial charge in [0.1, 0.15) is 10.6 Å². The number of benzene rings is 1.